The Morgan fingerprint density at radius 1 is 1.18 bits per heavy atom. The highest BCUT2D eigenvalue weighted by Gasteiger charge is 2.29. The second kappa shape index (κ2) is 13.5. The van der Waals surface area contributed by atoms with Crippen LogP contribution in [0.5, 0.6) is 0 Å². The van der Waals surface area contributed by atoms with Crippen LogP contribution in [0.4, 0.5) is 4.39 Å². The van der Waals surface area contributed by atoms with E-state index in [0.29, 0.717) is 30.0 Å². The van der Waals surface area contributed by atoms with Gasteiger partial charge >= 0.3 is 0 Å². The first-order valence-electron chi connectivity index (χ1n) is 15.0. The smallest absolute Gasteiger partial charge is 0.180 e. The number of imidazole rings is 1. The number of allylic oxidation sites excluding steroid dienone is 1. The number of nitrogens with two attached hydrogens (primary N) is 1. The monoisotopic (exact) mass is 550 g/mol. The summed E-state index contributed by atoms with van der Waals surface area (Å²) in [6.45, 7) is 17.9. The molecule has 2 N–H and O–H groups in total. The molecule has 0 atom stereocenters. The van der Waals surface area contributed by atoms with Crippen LogP contribution in [0.25, 0.3) is 11.3 Å². The maximum Gasteiger partial charge on any atom is 0.180 e. The molecule has 0 bridgehead atoms. The van der Waals surface area contributed by atoms with Crippen LogP contribution in [0.3, 0.4) is 0 Å². The number of aryl methyl sites for hydroxylation is 1. The van der Waals surface area contributed by atoms with E-state index in [0.717, 1.165) is 86.9 Å². The average molecular weight is 551 g/mol. The van der Waals surface area contributed by atoms with E-state index < -0.39 is 0 Å². The molecule has 2 aliphatic heterocycles. The van der Waals surface area contributed by atoms with Gasteiger partial charge in [0.1, 0.15) is 11.6 Å². The molecule has 2 aliphatic rings. The van der Waals surface area contributed by atoms with Crippen molar-refractivity contribution in [3.63, 3.8) is 0 Å². The molecular formula is C32H47FN6O. The lowest BCUT2D eigenvalue weighted by molar-refractivity contribution is 0.202. The van der Waals surface area contributed by atoms with Crippen molar-refractivity contribution in [2.75, 3.05) is 32.8 Å². The van der Waals surface area contributed by atoms with E-state index in [1.165, 1.54) is 5.57 Å². The molecule has 2 aromatic rings. The third kappa shape index (κ3) is 6.77. The Hall–Kier alpha value is -3.13. The fraction of sp³-hybridized carbons (Fsp3) is 0.562. The summed E-state index contributed by atoms with van der Waals surface area (Å²) in [6, 6.07) is 5.78. The van der Waals surface area contributed by atoms with Crippen molar-refractivity contribution in [3.8, 4) is 11.3 Å². The van der Waals surface area contributed by atoms with Crippen LogP contribution in [0.1, 0.15) is 77.6 Å². The molecule has 0 spiro atoms. The zero-order valence-electron chi connectivity index (χ0n) is 25.2. The first-order chi connectivity index (χ1) is 19.2. The SMILES string of the molecule is CCOC1=C(N2CCC(c3nc(-c4ccc(F)c(C)c4)cn3CCN(CC)C(C)C)CC2)CC(CC)=CN=C1N. The number of nitrogens with zero attached hydrogens (tertiary/aromatic N) is 5. The minimum absolute atomic E-state index is 0.183. The highest BCUT2D eigenvalue weighted by atomic mass is 19.1. The van der Waals surface area contributed by atoms with Gasteiger partial charge in [-0.2, -0.15) is 0 Å². The van der Waals surface area contributed by atoms with Crippen molar-refractivity contribution in [2.45, 2.75) is 85.7 Å². The molecule has 1 saturated heterocycles. The van der Waals surface area contributed by atoms with Crippen molar-refractivity contribution < 1.29 is 9.13 Å². The van der Waals surface area contributed by atoms with Gasteiger partial charge in [-0.3, -0.25) is 4.90 Å². The molecule has 7 nitrogen and oxygen atoms in total. The zero-order chi connectivity index (χ0) is 28.8. The molecular weight excluding hydrogens is 503 g/mol. The van der Waals surface area contributed by atoms with E-state index in [1.54, 1.807) is 6.07 Å². The van der Waals surface area contributed by atoms with Crippen LogP contribution < -0.4 is 5.73 Å². The number of ether oxygens (including phenoxy) is 1. The second-order valence-electron chi connectivity index (χ2n) is 11.2. The van der Waals surface area contributed by atoms with Crippen LogP contribution in [0, 0.1) is 12.7 Å². The summed E-state index contributed by atoms with van der Waals surface area (Å²) in [7, 11) is 0. The largest absolute Gasteiger partial charge is 0.488 e. The van der Waals surface area contributed by atoms with Crippen molar-refractivity contribution in [2.24, 2.45) is 10.7 Å². The molecule has 0 radical (unpaired) electrons. The number of aromatic nitrogens is 2. The molecule has 0 unspecified atom stereocenters. The number of amidine groups is 1. The number of likely N-dealkylation sites (tertiary alicyclic amines) is 1. The highest BCUT2D eigenvalue weighted by Crippen LogP contribution is 2.34. The van der Waals surface area contributed by atoms with Gasteiger partial charge in [-0.15, -0.1) is 0 Å². The van der Waals surface area contributed by atoms with Crippen LogP contribution in [0.15, 0.2) is 52.6 Å². The Labute approximate surface area is 239 Å². The lowest BCUT2D eigenvalue weighted by atomic mass is 9.94. The van der Waals surface area contributed by atoms with Crippen molar-refractivity contribution in [1.29, 1.82) is 0 Å². The Bertz CT molecular complexity index is 1250. The fourth-order valence-electron chi connectivity index (χ4n) is 5.79. The van der Waals surface area contributed by atoms with Crippen molar-refractivity contribution >= 4 is 5.84 Å². The van der Waals surface area contributed by atoms with E-state index >= 15 is 0 Å². The molecule has 1 aromatic heterocycles. The van der Waals surface area contributed by atoms with Crippen LogP contribution in [-0.2, 0) is 11.3 Å². The summed E-state index contributed by atoms with van der Waals surface area (Å²) >= 11 is 0. The van der Waals surface area contributed by atoms with Gasteiger partial charge in [0.2, 0.25) is 0 Å². The fourth-order valence-corrected chi connectivity index (χ4v) is 5.79. The number of piperidine rings is 1. The van der Waals surface area contributed by atoms with Gasteiger partial charge in [0.05, 0.1) is 18.0 Å². The Balaban J connectivity index is 1.59. The van der Waals surface area contributed by atoms with Crippen molar-refractivity contribution in [1.82, 2.24) is 19.4 Å². The van der Waals surface area contributed by atoms with Gasteiger partial charge in [0.15, 0.2) is 11.6 Å². The molecule has 4 rings (SSSR count). The van der Waals surface area contributed by atoms with E-state index in [-0.39, 0.29) is 5.82 Å². The number of likely N-dealkylation sites (N-methyl/N-ethyl adjacent to an activating group) is 1. The van der Waals surface area contributed by atoms with Gasteiger partial charge in [-0.25, -0.2) is 14.4 Å². The van der Waals surface area contributed by atoms with Crippen molar-refractivity contribution in [3.05, 3.63) is 64.8 Å². The Morgan fingerprint density at radius 2 is 1.93 bits per heavy atom. The number of benzene rings is 1. The predicted molar refractivity (Wildman–Crippen MR) is 162 cm³/mol. The predicted octanol–water partition coefficient (Wildman–Crippen LogP) is 6.21. The summed E-state index contributed by atoms with van der Waals surface area (Å²) < 4.78 is 22.4. The van der Waals surface area contributed by atoms with Gasteiger partial charge in [-0.05, 0) is 82.8 Å². The molecule has 3 heterocycles. The van der Waals surface area contributed by atoms with Gasteiger partial charge in [-0.1, -0.05) is 13.8 Å². The normalized spacial score (nSPS) is 17.0. The molecule has 0 saturated carbocycles. The average Bonchev–Trinajstić information content (AvgIpc) is 3.31. The minimum atomic E-state index is -0.183. The van der Waals surface area contributed by atoms with E-state index in [2.05, 4.69) is 53.3 Å². The molecule has 8 heteroatoms. The Morgan fingerprint density at radius 3 is 2.55 bits per heavy atom. The van der Waals surface area contributed by atoms with Gasteiger partial charge < -0.3 is 19.9 Å². The molecule has 0 amide bonds. The van der Waals surface area contributed by atoms with Gasteiger partial charge in [0.25, 0.3) is 0 Å². The number of hydrogen-bond donors (Lipinski definition) is 1. The topological polar surface area (TPSA) is 71.9 Å². The van der Waals surface area contributed by atoms with Gasteiger partial charge in [0, 0.05) is 62.5 Å². The lowest BCUT2D eigenvalue weighted by Gasteiger charge is -2.36. The molecule has 218 valence electrons. The summed E-state index contributed by atoms with van der Waals surface area (Å²) in [6.07, 6.45) is 7.80. The van der Waals surface area contributed by atoms with Crippen LogP contribution in [-0.4, -0.2) is 64.0 Å². The van der Waals surface area contributed by atoms with E-state index in [1.807, 2.05) is 32.2 Å². The van der Waals surface area contributed by atoms with Crippen LogP contribution >= 0.6 is 0 Å². The molecule has 1 aromatic carbocycles. The first kappa shape index (κ1) is 29.8. The summed E-state index contributed by atoms with van der Waals surface area (Å²) in [5, 5.41) is 0. The third-order valence-corrected chi connectivity index (χ3v) is 8.29. The minimum Gasteiger partial charge on any atom is -0.488 e. The van der Waals surface area contributed by atoms with Crippen LogP contribution in [0.2, 0.25) is 0 Å². The second-order valence-corrected chi connectivity index (χ2v) is 11.2. The number of hydrogen-bond acceptors (Lipinski definition) is 6. The first-order valence-corrected chi connectivity index (χ1v) is 15.0. The molecule has 0 aliphatic carbocycles. The zero-order valence-corrected chi connectivity index (χ0v) is 25.2. The third-order valence-electron chi connectivity index (χ3n) is 8.29. The molecule has 40 heavy (non-hydrogen) atoms. The van der Waals surface area contributed by atoms with E-state index in [4.69, 9.17) is 15.5 Å². The quantitative estimate of drug-likeness (QED) is 0.360. The number of rotatable bonds is 11. The van der Waals surface area contributed by atoms with E-state index in [9.17, 15) is 4.39 Å². The maximum atomic E-state index is 14.0. The Kier molecular flexibility index (Phi) is 10.1. The summed E-state index contributed by atoms with van der Waals surface area (Å²) in [5.41, 5.74) is 11.3. The maximum absolute atomic E-state index is 14.0. The summed E-state index contributed by atoms with van der Waals surface area (Å²) in [4.78, 5) is 14.6. The number of halogens is 1. The number of aliphatic imine (C=N–C) groups is 1. The highest BCUT2D eigenvalue weighted by molar-refractivity contribution is 5.96. The standard InChI is InChI=1S/C32H47FN6O/c1-7-24-19-29(30(40-9-3)31(34)35-20-24)38-14-12-25(13-15-38)32-36-28(26-10-11-27(33)23(6)18-26)21-39(32)17-16-37(8-2)22(4)5/h10-11,18,20-22,25H,7-9,12-17,19H2,1-6H3,(H2,34,35). The summed E-state index contributed by atoms with van der Waals surface area (Å²) in [5.74, 6) is 2.48. The lowest BCUT2D eigenvalue weighted by Crippen LogP contribution is -2.36. The molecule has 1 fully saturated rings.